The highest BCUT2D eigenvalue weighted by atomic mass is 28.2. The molecule has 2 fully saturated rings. The summed E-state index contributed by atoms with van der Waals surface area (Å²) >= 11 is 0. The molecule has 10 atom stereocenters. The molecule has 0 aromatic rings. The van der Waals surface area contributed by atoms with Crippen molar-refractivity contribution in [1.29, 1.82) is 0 Å². The average Bonchev–Trinajstić information content (AvgIpc) is 2.58. The van der Waals surface area contributed by atoms with E-state index in [0.29, 0.717) is 0 Å². The van der Waals surface area contributed by atoms with E-state index in [1.807, 2.05) is 0 Å². The highest BCUT2D eigenvalue weighted by Gasteiger charge is 2.49. The molecular weight excluding hydrogens is 348 g/mol. The van der Waals surface area contributed by atoms with Crippen LogP contribution >= 0.6 is 0 Å². The summed E-state index contributed by atoms with van der Waals surface area (Å²) in [6.45, 7) is -1.20. The van der Waals surface area contributed by atoms with E-state index in [1.54, 1.807) is 0 Å². The van der Waals surface area contributed by atoms with Gasteiger partial charge >= 0.3 is 0 Å². The van der Waals surface area contributed by atoms with Crippen LogP contribution in [0.1, 0.15) is 0 Å². The number of hydrogen-bond donors (Lipinski definition) is 7. The van der Waals surface area contributed by atoms with Gasteiger partial charge in [-0.3, -0.25) is 0 Å². The molecule has 2 aliphatic heterocycles. The second kappa shape index (κ2) is 8.44. The Morgan fingerprint density at radius 3 is 1.71 bits per heavy atom. The maximum absolute atomic E-state index is 10.2. The first-order chi connectivity index (χ1) is 11.3. The van der Waals surface area contributed by atoms with Crippen LogP contribution in [0, 0.1) is 0 Å². The van der Waals surface area contributed by atoms with E-state index < -0.39 is 74.6 Å². The fraction of sp³-hybridized carbons (Fsp3) is 1.00. The summed E-state index contributed by atoms with van der Waals surface area (Å²) < 4.78 is 20.8. The molecule has 142 valence electrons. The normalized spacial score (nSPS) is 50.1. The molecule has 0 unspecified atom stereocenters. The van der Waals surface area contributed by atoms with E-state index in [2.05, 4.69) is 0 Å². The summed E-state index contributed by atoms with van der Waals surface area (Å²) in [7, 11) is 0.191. The zero-order valence-corrected chi connectivity index (χ0v) is 15.0. The summed E-state index contributed by atoms with van der Waals surface area (Å²) in [5, 5.41) is 67.9. The lowest BCUT2D eigenvalue weighted by molar-refractivity contribution is -0.375. The molecule has 0 saturated carbocycles. The lowest BCUT2D eigenvalue weighted by Crippen LogP contribution is -2.64. The fourth-order valence-electron chi connectivity index (χ4n) is 2.76. The molecule has 2 rings (SSSR count). The van der Waals surface area contributed by atoms with Crippen LogP contribution in [0.3, 0.4) is 0 Å². The van der Waals surface area contributed by atoms with Crippen LogP contribution in [-0.2, 0) is 18.6 Å². The van der Waals surface area contributed by atoms with Crippen molar-refractivity contribution in [1.82, 2.24) is 0 Å². The third-order valence-corrected chi connectivity index (χ3v) is 4.76. The van der Waals surface area contributed by atoms with Gasteiger partial charge in [0.15, 0.2) is 12.6 Å². The molecule has 0 aromatic heterocycles. The van der Waals surface area contributed by atoms with Gasteiger partial charge in [0.1, 0.15) is 59.3 Å². The molecule has 2 aliphatic rings. The van der Waals surface area contributed by atoms with Crippen LogP contribution in [0.25, 0.3) is 0 Å². The van der Waals surface area contributed by atoms with Gasteiger partial charge in [-0.1, -0.05) is 0 Å². The molecule has 0 aliphatic carbocycles. The van der Waals surface area contributed by atoms with Crippen molar-refractivity contribution in [2.75, 3.05) is 13.2 Å². The first kappa shape index (κ1) is 20.1. The average molecular weight is 372 g/mol. The molecule has 11 nitrogen and oxygen atoms in total. The predicted octanol–water partition coefficient (Wildman–Crippen LogP) is -6.09. The maximum Gasteiger partial charge on any atom is 0.189 e. The standard InChI is InChI=1S/C12H24O11Si/c13-1-3-5(15)7(17)8(18)11(20-3)22-12-9(19)10(23-24)6(16)4(2-14)21-12/h3-19H,1-2H2,24H3/t3-,4-,5-,6-,7+,8-,9-,10+,11-,12-/m1/s1. The van der Waals surface area contributed by atoms with E-state index in [9.17, 15) is 30.6 Å². The summed E-state index contributed by atoms with van der Waals surface area (Å²) in [6, 6.07) is 0. The van der Waals surface area contributed by atoms with Gasteiger partial charge in [-0.2, -0.15) is 0 Å². The Morgan fingerprint density at radius 2 is 1.21 bits per heavy atom. The second-order valence-electron chi connectivity index (χ2n) is 5.74. The molecule has 2 saturated heterocycles. The SMILES string of the molecule is OC[C@H]1O[C@H](O[C@H]2O[C@H](CO)[C@@H](O)[C@H](O[SiH3])[C@H]2O)[C@H](O)[C@@H](O)[C@@H]1O. The second-order valence-corrected chi connectivity index (χ2v) is 6.21. The van der Waals surface area contributed by atoms with Gasteiger partial charge in [0.2, 0.25) is 0 Å². The number of aliphatic hydroxyl groups excluding tert-OH is 7. The molecule has 0 amide bonds. The van der Waals surface area contributed by atoms with Crippen molar-refractivity contribution in [2.45, 2.75) is 61.4 Å². The van der Waals surface area contributed by atoms with Crippen LogP contribution in [0.2, 0.25) is 0 Å². The minimum Gasteiger partial charge on any atom is -0.419 e. The molecule has 0 spiro atoms. The first-order valence-electron chi connectivity index (χ1n) is 7.46. The van der Waals surface area contributed by atoms with Crippen LogP contribution in [0.5, 0.6) is 0 Å². The summed E-state index contributed by atoms with van der Waals surface area (Å²) in [5.41, 5.74) is 0. The first-order valence-corrected chi connectivity index (χ1v) is 8.28. The van der Waals surface area contributed by atoms with Crippen LogP contribution < -0.4 is 0 Å². The van der Waals surface area contributed by atoms with Crippen molar-refractivity contribution in [3.63, 3.8) is 0 Å². The predicted molar refractivity (Wildman–Crippen MR) is 77.4 cm³/mol. The lowest BCUT2D eigenvalue weighted by Gasteiger charge is -2.45. The molecule has 0 aromatic carbocycles. The Hall–Kier alpha value is -0.223. The summed E-state index contributed by atoms with van der Waals surface area (Å²) in [4.78, 5) is 0. The van der Waals surface area contributed by atoms with Crippen molar-refractivity contribution in [3.8, 4) is 0 Å². The molecule has 12 heteroatoms. The van der Waals surface area contributed by atoms with Gasteiger partial charge in [0.05, 0.1) is 13.2 Å². The molecular formula is C12H24O11Si. The Bertz CT molecular complexity index is 399. The van der Waals surface area contributed by atoms with E-state index in [0.717, 1.165) is 0 Å². The lowest BCUT2D eigenvalue weighted by atomic mass is 9.98. The number of hydrogen-bond acceptors (Lipinski definition) is 11. The largest absolute Gasteiger partial charge is 0.419 e. The molecule has 2 heterocycles. The van der Waals surface area contributed by atoms with E-state index in [4.69, 9.17) is 23.7 Å². The fourth-order valence-corrected chi connectivity index (χ4v) is 3.31. The van der Waals surface area contributed by atoms with Crippen LogP contribution in [0.15, 0.2) is 0 Å². The highest BCUT2D eigenvalue weighted by Crippen LogP contribution is 2.28. The van der Waals surface area contributed by atoms with E-state index >= 15 is 0 Å². The van der Waals surface area contributed by atoms with Crippen LogP contribution in [0.4, 0.5) is 0 Å². The van der Waals surface area contributed by atoms with E-state index in [1.165, 1.54) is 0 Å². The monoisotopic (exact) mass is 372 g/mol. The van der Waals surface area contributed by atoms with Gasteiger partial charge < -0.3 is 54.4 Å². The third-order valence-electron chi connectivity index (χ3n) is 4.21. The summed E-state index contributed by atoms with van der Waals surface area (Å²) in [5.74, 6) is 0. The third kappa shape index (κ3) is 3.79. The van der Waals surface area contributed by atoms with Crippen molar-refractivity contribution in [2.24, 2.45) is 0 Å². The number of rotatable bonds is 5. The zero-order valence-electron chi connectivity index (χ0n) is 13.0. The van der Waals surface area contributed by atoms with Crippen molar-refractivity contribution >= 4 is 10.5 Å². The van der Waals surface area contributed by atoms with Gasteiger partial charge in [-0.05, 0) is 0 Å². The highest BCUT2D eigenvalue weighted by molar-refractivity contribution is 5.98. The topological polar surface area (TPSA) is 179 Å². The van der Waals surface area contributed by atoms with Gasteiger partial charge in [0.25, 0.3) is 0 Å². The smallest absolute Gasteiger partial charge is 0.189 e. The molecule has 0 radical (unpaired) electrons. The number of ether oxygens (including phenoxy) is 3. The van der Waals surface area contributed by atoms with Gasteiger partial charge in [-0.25, -0.2) is 0 Å². The van der Waals surface area contributed by atoms with Crippen molar-refractivity contribution in [3.05, 3.63) is 0 Å². The van der Waals surface area contributed by atoms with Crippen LogP contribution in [-0.4, -0.2) is 121 Å². The zero-order chi connectivity index (χ0) is 18.0. The molecule has 0 bridgehead atoms. The van der Waals surface area contributed by atoms with Gasteiger partial charge in [0, 0.05) is 0 Å². The minimum absolute atomic E-state index is 0.191. The Morgan fingerprint density at radius 1 is 0.708 bits per heavy atom. The van der Waals surface area contributed by atoms with E-state index in [-0.39, 0.29) is 10.5 Å². The molecule has 24 heavy (non-hydrogen) atoms. The Kier molecular flexibility index (Phi) is 7.07. The van der Waals surface area contributed by atoms with Crippen molar-refractivity contribution < 1.29 is 54.4 Å². The summed E-state index contributed by atoms with van der Waals surface area (Å²) in [6.07, 6.45) is -13.9. The Labute approximate surface area is 140 Å². The quantitative estimate of drug-likeness (QED) is 0.228. The Balaban J connectivity index is 2.10. The molecule has 7 N–H and O–H groups in total. The number of aliphatic hydroxyl groups is 7. The van der Waals surface area contributed by atoms with Gasteiger partial charge in [-0.15, -0.1) is 0 Å². The maximum atomic E-state index is 10.2. The minimum atomic E-state index is -1.67.